The summed E-state index contributed by atoms with van der Waals surface area (Å²) < 4.78 is 5.31. The number of thiazole rings is 1. The lowest BCUT2D eigenvalue weighted by Crippen LogP contribution is -2.24. The van der Waals surface area contributed by atoms with Gasteiger partial charge in [-0.3, -0.25) is 9.59 Å². The van der Waals surface area contributed by atoms with Crippen LogP contribution in [0.3, 0.4) is 0 Å². The van der Waals surface area contributed by atoms with Crippen molar-refractivity contribution in [2.75, 3.05) is 5.32 Å². The maximum atomic E-state index is 12.6. The van der Waals surface area contributed by atoms with Crippen molar-refractivity contribution in [2.24, 2.45) is 5.92 Å². The van der Waals surface area contributed by atoms with Gasteiger partial charge in [-0.1, -0.05) is 37.6 Å². The number of ketones is 1. The van der Waals surface area contributed by atoms with Gasteiger partial charge >= 0.3 is 5.97 Å². The van der Waals surface area contributed by atoms with E-state index in [9.17, 15) is 14.4 Å². The Labute approximate surface area is 189 Å². The Morgan fingerprint density at radius 1 is 1.00 bits per heavy atom. The number of anilines is 1. The number of hydrogen-bond acceptors (Lipinski definition) is 6. The van der Waals surface area contributed by atoms with Crippen LogP contribution in [0.2, 0.25) is 5.02 Å². The maximum Gasteiger partial charge on any atom is 0.358 e. The van der Waals surface area contributed by atoms with E-state index in [0.29, 0.717) is 21.3 Å². The molecule has 0 radical (unpaired) electrons. The topological polar surface area (TPSA) is 85.4 Å². The third-order valence-corrected chi connectivity index (χ3v) is 5.56. The molecule has 0 bridgehead atoms. The second-order valence-electron chi connectivity index (χ2n) is 7.18. The van der Waals surface area contributed by atoms with E-state index in [-0.39, 0.29) is 23.3 Å². The highest BCUT2D eigenvalue weighted by Crippen LogP contribution is 2.25. The molecule has 1 aromatic heterocycles. The third kappa shape index (κ3) is 5.77. The van der Waals surface area contributed by atoms with Crippen LogP contribution >= 0.6 is 22.9 Å². The molecule has 1 N–H and O–H groups in total. The molecule has 1 atom stereocenters. The fraction of sp³-hybridized carbons (Fsp3) is 0.217. The van der Waals surface area contributed by atoms with Crippen LogP contribution in [0.5, 0.6) is 0 Å². The van der Waals surface area contributed by atoms with Gasteiger partial charge in [0, 0.05) is 33.1 Å². The molecule has 0 aliphatic carbocycles. The van der Waals surface area contributed by atoms with Gasteiger partial charge in [-0.25, -0.2) is 9.78 Å². The summed E-state index contributed by atoms with van der Waals surface area (Å²) in [5, 5.41) is 5.62. The van der Waals surface area contributed by atoms with Gasteiger partial charge in [-0.15, -0.1) is 11.3 Å². The van der Waals surface area contributed by atoms with E-state index in [0.717, 1.165) is 5.56 Å². The fourth-order valence-electron chi connectivity index (χ4n) is 2.61. The highest BCUT2D eigenvalue weighted by Gasteiger charge is 2.22. The van der Waals surface area contributed by atoms with Gasteiger partial charge < -0.3 is 10.1 Å². The van der Waals surface area contributed by atoms with Crippen LogP contribution in [-0.2, 0) is 9.53 Å². The lowest BCUT2D eigenvalue weighted by molar-refractivity contribution is -0.118. The molecule has 160 valence electrons. The first-order valence-electron chi connectivity index (χ1n) is 9.62. The molecule has 1 amide bonds. The molecule has 0 saturated heterocycles. The minimum atomic E-state index is -0.982. The van der Waals surface area contributed by atoms with Gasteiger partial charge in [0.15, 0.2) is 11.8 Å². The number of Topliss-reactive ketones (excluding diaryl/α,β-unsaturated/α-hetero) is 1. The molecule has 8 heteroatoms. The average Bonchev–Trinajstić information content (AvgIpc) is 3.24. The number of benzene rings is 2. The van der Waals surface area contributed by atoms with Gasteiger partial charge in [-0.05, 0) is 43.3 Å². The van der Waals surface area contributed by atoms with Crippen molar-refractivity contribution in [1.29, 1.82) is 0 Å². The molecule has 0 fully saturated rings. The van der Waals surface area contributed by atoms with Crippen LogP contribution in [0, 0.1) is 5.92 Å². The van der Waals surface area contributed by atoms with E-state index in [2.05, 4.69) is 10.3 Å². The number of carbonyl (C=O) groups is 3. The quantitative estimate of drug-likeness (QED) is 0.375. The van der Waals surface area contributed by atoms with Crippen molar-refractivity contribution in [2.45, 2.75) is 26.9 Å². The summed E-state index contributed by atoms with van der Waals surface area (Å²) in [5.74, 6) is -1.27. The normalized spacial score (nSPS) is 11.8. The molecular weight excluding hydrogens is 436 g/mol. The molecule has 0 aliphatic heterocycles. The Kier molecular flexibility index (Phi) is 7.20. The van der Waals surface area contributed by atoms with Crippen molar-refractivity contribution >= 4 is 46.3 Å². The fourth-order valence-corrected chi connectivity index (χ4v) is 3.53. The van der Waals surface area contributed by atoms with Gasteiger partial charge in [0.25, 0.3) is 0 Å². The van der Waals surface area contributed by atoms with Crippen LogP contribution < -0.4 is 5.32 Å². The zero-order chi connectivity index (χ0) is 22.5. The summed E-state index contributed by atoms with van der Waals surface area (Å²) >= 11 is 7.20. The number of rotatable bonds is 7. The summed E-state index contributed by atoms with van der Waals surface area (Å²) in [6.07, 6.45) is -0.982. The molecule has 0 saturated carbocycles. The molecule has 0 aliphatic rings. The molecule has 3 aromatic rings. The van der Waals surface area contributed by atoms with Crippen LogP contribution in [0.15, 0.2) is 53.9 Å². The SMILES string of the molecule is CC(C)C(=O)Nc1ccc(C(=O)C(C)OC(=O)c2csc(-c3ccc(Cl)cc3)n2)cc1. The van der Waals surface area contributed by atoms with E-state index in [1.165, 1.54) is 18.3 Å². The zero-order valence-corrected chi connectivity index (χ0v) is 18.8. The largest absolute Gasteiger partial charge is 0.450 e. The van der Waals surface area contributed by atoms with Crippen molar-refractivity contribution in [3.63, 3.8) is 0 Å². The Bertz CT molecular complexity index is 1090. The van der Waals surface area contributed by atoms with E-state index in [1.807, 2.05) is 12.1 Å². The predicted molar refractivity (Wildman–Crippen MR) is 122 cm³/mol. The number of esters is 1. The van der Waals surface area contributed by atoms with E-state index < -0.39 is 12.1 Å². The standard InChI is InChI=1S/C23H21ClN2O4S/c1-13(2)21(28)25-18-10-6-15(7-11-18)20(27)14(3)30-23(29)19-12-31-22(26-19)16-4-8-17(24)9-5-16/h4-14H,1-3H3,(H,25,28). The van der Waals surface area contributed by atoms with Crippen LogP contribution in [0.25, 0.3) is 10.6 Å². The van der Waals surface area contributed by atoms with Crippen LogP contribution in [-0.4, -0.2) is 28.7 Å². The van der Waals surface area contributed by atoms with Gasteiger partial charge in [0.05, 0.1) is 0 Å². The number of amides is 1. The lowest BCUT2D eigenvalue weighted by Gasteiger charge is -2.12. The Balaban J connectivity index is 1.62. The summed E-state index contributed by atoms with van der Waals surface area (Å²) in [7, 11) is 0. The molecule has 31 heavy (non-hydrogen) atoms. The van der Waals surface area contributed by atoms with Gasteiger partial charge in [-0.2, -0.15) is 0 Å². The second kappa shape index (κ2) is 9.85. The third-order valence-electron chi connectivity index (χ3n) is 4.42. The number of halogens is 1. The molecule has 2 aromatic carbocycles. The highest BCUT2D eigenvalue weighted by atomic mass is 35.5. The number of ether oxygens (including phenoxy) is 1. The Hall–Kier alpha value is -3.03. The average molecular weight is 457 g/mol. The summed E-state index contributed by atoms with van der Waals surface area (Å²) in [6, 6.07) is 13.6. The minimum Gasteiger partial charge on any atom is -0.450 e. The number of nitrogens with zero attached hydrogens (tertiary/aromatic N) is 1. The minimum absolute atomic E-state index is 0.109. The van der Waals surface area contributed by atoms with Crippen molar-refractivity contribution in [1.82, 2.24) is 4.98 Å². The van der Waals surface area contributed by atoms with Crippen LogP contribution in [0.4, 0.5) is 5.69 Å². The second-order valence-corrected chi connectivity index (χ2v) is 8.47. The maximum absolute atomic E-state index is 12.6. The van der Waals surface area contributed by atoms with Crippen molar-refractivity contribution in [3.05, 3.63) is 70.2 Å². The number of aromatic nitrogens is 1. The first-order valence-corrected chi connectivity index (χ1v) is 10.9. The monoisotopic (exact) mass is 456 g/mol. The lowest BCUT2D eigenvalue weighted by atomic mass is 10.1. The highest BCUT2D eigenvalue weighted by molar-refractivity contribution is 7.13. The Morgan fingerprint density at radius 2 is 1.65 bits per heavy atom. The predicted octanol–water partition coefficient (Wildman–Crippen LogP) is 5.49. The Morgan fingerprint density at radius 3 is 2.26 bits per heavy atom. The van der Waals surface area contributed by atoms with Crippen molar-refractivity contribution < 1.29 is 19.1 Å². The molecule has 1 heterocycles. The smallest absolute Gasteiger partial charge is 0.358 e. The number of carbonyl (C=O) groups excluding carboxylic acids is 3. The summed E-state index contributed by atoms with van der Waals surface area (Å²) in [6.45, 7) is 5.11. The molecule has 6 nitrogen and oxygen atoms in total. The molecule has 1 unspecified atom stereocenters. The summed E-state index contributed by atoms with van der Waals surface area (Å²) in [4.78, 5) is 41.1. The first-order chi connectivity index (χ1) is 14.7. The molecular formula is C23H21ClN2O4S. The zero-order valence-electron chi connectivity index (χ0n) is 17.2. The van der Waals surface area contributed by atoms with E-state index in [4.69, 9.17) is 16.3 Å². The van der Waals surface area contributed by atoms with Crippen molar-refractivity contribution in [3.8, 4) is 10.6 Å². The van der Waals surface area contributed by atoms with E-state index in [1.54, 1.807) is 55.6 Å². The first kappa shape index (κ1) is 22.7. The van der Waals surface area contributed by atoms with E-state index >= 15 is 0 Å². The number of hydrogen-bond donors (Lipinski definition) is 1. The number of nitrogens with one attached hydrogen (secondary N) is 1. The van der Waals surface area contributed by atoms with Gasteiger partial charge in [0.1, 0.15) is 5.01 Å². The van der Waals surface area contributed by atoms with Crippen LogP contribution in [0.1, 0.15) is 41.6 Å². The molecule has 0 spiro atoms. The van der Waals surface area contributed by atoms with Gasteiger partial charge in [0.2, 0.25) is 11.7 Å². The summed E-state index contributed by atoms with van der Waals surface area (Å²) in [5.41, 5.74) is 1.95. The molecule has 3 rings (SSSR count).